The fourth-order valence-corrected chi connectivity index (χ4v) is 1.86. The fourth-order valence-electron chi connectivity index (χ4n) is 1.45. The van der Waals surface area contributed by atoms with E-state index in [1.807, 2.05) is 0 Å². The Hall–Kier alpha value is -0.490. The van der Waals surface area contributed by atoms with E-state index < -0.39 is 0 Å². The second-order valence-electron chi connectivity index (χ2n) is 3.87. The normalized spacial score (nSPS) is 10.8. The summed E-state index contributed by atoms with van der Waals surface area (Å²) in [5.74, 6) is -0.188. The van der Waals surface area contributed by atoms with Gasteiger partial charge >= 0.3 is 0 Å². The zero-order chi connectivity index (χ0) is 13.2. The predicted octanol–water partition coefficient (Wildman–Crippen LogP) is 2.73. The Morgan fingerprint density at radius 2 is 2.11 bits per heavy atom. The summed E-state index contributed by atoms with van der Waals surface area (Å²) in [6.07, 6.45) is 0.900. The van der Waals surface area contributed by atoms with Gasteiger partial charge in [0.15, 0.2) is 0 Å². The maximum Gasteiger partial charge on any atom is 0.127 e. The van der Waals surface area contributed by atoms with E-state index in [1.165, 1.54) is 6.07 Å². The lowest BCUT2D eigenvalue weighted by Gasteiger charge is -2.07. The number of hydrogen-bond acceptors (Lipinski definition) is 3. The summed E-state index contributed by atoms with van der Waals surface area (Å²) < 4.78 is 24.6. The molecule has 0 fully saturated rings. The van der Waals surface area contributed by atoms with Crippen LogP contribution in [0.4, 0.5) is 4.39 Å². The first-order chi connectivity index (χ1) is 8.74. The van der Waals surface area contributed by atoms with Crippen molar-refractivity contribution in [2.24, 2.45) is 0 Å². The Bertz CT molecular complexity index is 350. The van der Waals surface area contributed by atoms with Crippen LogP contribution in [0.25, 0.3) is 0 Å². The molecule has 0 heterocycles. The maximum atomic E-state index is 13.4. The Kier molecular flexibility index (Phi) is 8.17. The zero-order valence-electron chi connectivity index (χ0n) is 10.5. The third kappa shape index (κ3) is 6.44. The third-order valence-electron chi connectivity index (χ3n) is 2.38. The van der Waals surface area contributed by atoms with E-state index in [0.29, 0.717) is 31.9 Å². The van der Waals surface area contributed by atoms with Gasteiger partial charge < -0.3 is 14.8 Å². The van der Waals surface area contributed by atoms with Gasteiger partial charge in [-0.25, -0.2) is 4.39 Å². The predicted molar refractivity (Wildman–Crippen MR) is 73.1 cm³/mol. The fraction of sp³-hybridized carbons (Fsp3) is 0.538. The highest BCUT2D eigenvalue weighted by molar-refractivity contribution is 9.10. The lowest BCUT2D eigenvalue weighted by molar-refractivity contribution is 0.104. The zero-order valence-corrected chi connectivity index (χ0v) is 12.1. The van der Waals surface area contributed by atoms with E-state index in [4.69, 9.17) is 9.47 Å². The van der Waals surface area contributed by atoms with Gasteiger partial charge in [0.2, 0.25) is 0 Å². The highest BCUT2D eigenvalue weighted by Crippen LogP contribution is 2.15. The molecule has 5 heteroatoms. The molecule has 0 atom stereocenters. The van der Waals surface area contributed by atoms with Gasteiger partial charge in [-0.3, -0.25) is 0 Å². The molecule has 0 bridgehead atoms. The van der Waals surface area contributed by atoms with Gasteiger partial charge in [0.05, 0.1) is 6.61 Å². The first kappa shape index (κ1) is 15.6. The molecule has 1 rings (SSSR count). The summed E-state index contributed by atoms with van der Waals surface area (Å²) in [6.45, 7) is 3.25. The van der Waals surface area contributed by atoms with Crippen LogP contribution < -0.4 is 5.32 Å². The summed E-state index contributed by atoms with van der Waals surface area (Å²) in [7, 11) is 1.67. The van der Waals surface area contributed by atoms with Gasteiger partial charge in [-0.15, -0.1) is 0 Å². The molecule has 0 aliphatic rings. The summed E-state index contributed by atoms with van der Waals surface area (Å²) in [4.78, 5) is 0. The van der Waals surface area contributed by atoms with Crippen molar-refractivity contribution >= 4 is 15.9 Å². The SMILES string of the molecule is COCCCOCCNCc1cc(Br)ccc1F. The van der Waals surface area contributed by atoms with E-state index in [1.54, 1.807) is 19.2 Å². The highest BCUT2D eigenvalue weighted by Gasteiger charge is 2.01. The summed E-state index contributed by atoms with van der Waals surface area (Å²) in [5.41, 5.74) is 0.656. The second-order valence-corrected chi connectivity index (χ2v) is 4.79. The highest BCUT2D eigenvalue weighted by atomic mass is 79.9. The van der Waals surface area contributed by atoms with Gasteiger partial charge in [-0.2, -0.15) is 0 Å². The van der Waals surface area contributed by atoms with E-state index in [9.17, 15) is 4.39 Å². The Morgan fingerprint density at radius 1 is 1.28 bits per heavy atom. The van der Waals surface area contributed by atoms with E-state index in [0.717, 1.165) is 17.5 Å². The molecule has 1 aromatic rings. The minimum atomic E-state index is -0.188. The Labute approximate surface area is 116 Å². The molecule has 0 saturated carbocycles. The smallest absolute Gasteiger partial charge is 0.127 e. The standard InChI is InChI=1S/C13H19BrFNO2/c1-17-6-2-7-18-8-5-16-10-11-9-12(14)3-4-13(11)15/h3-4,9,16H,2,5-8,10H2,1H3. The molecular formula is C13H19BrFNO2. The first-order valence-electron chi connectivity index (χ1n) is 5.95. The Balaban J connectivity index is 2.09. The quantitative estimate of drug-likeness (QED) is 0.710. The van der Waals surface area contributed by atoms with Crippen molar-refractivity contribution in [3.05, 3.63) is 34.1 Å². The second kappa shape index (κ2) is 9.44. The number of halogens is 2. The van der Waals surface area contributed by atoms with Crippen LogP contribution in [0.5, 0.6) is 0 Å². The van der Waals surface area contributed by atoms with Crippen molar-refractivity contribution in [1.82, 2.24) is 5.32 Å². The molecule has 18 heavy (non-hydrogen) atoms. The van der Waals surface area contributed by atoms with E-state index in [2.05, 4.69) is 21.2 Å². The van der Waals surface area contributed by atoms with Crippen molar-refractivity contribution in [2.45, 2.75) is 13.0 Å². The van der Waals surface area contributed by atoms with Crippen LogP contribution in [-0.2, 0) is 16.0 Å². The number of benzene rings is 1. The lowest BCUT2D eigenvalue weighted by Crippen LogP contribution is -2.20. The number of rotatable bonds is 9. The topological polar surface area (TPSA) is 30.5 Å². The number of ether oxygens (including phenoxy) is 2. The average Bonchev–Trinajstić information content (AvgIpc) is 2.36. The number of methoxy groups -OCH3 is 1. The molecule has 0 saturated heterocycles. The summed E-state index contributed by atoms with van der Waals surface area (Å²) >= 11 is 3.32. The molecule has 1 aromatic carbocycles. The van der Waals surface area contributed by atoms with E-state index >= 15 is 0 Å². The van der Waals surface area contributed by atoms with Crippen molar-refractivity contribution in [3.8, 4) is 0 Å². The minimum absolute atomic E-state index is 0.188. The van der Waals surface area contributed by atoms with Gasteiger partial charge in [-0.05, 0) is 24.6 Å². The van der Waals surface area contributed by atoms with E-state index in [-0.39, 0.29) is 5.82 Å². The van der Waals surface area contributed by atoms with Crippen LogP contribution >= 0.6 is 15.9 Å². The largest absolute Gasteiger partial charge is 0.385 e. The molecule has 0 aliphatic carbocycles. The molecule has 0 spiro atoms. The van der Waals surface area contributed by atoms with Crippen LogP contribution in [0.1, 0.15) is 12.0 Å². The van der Waals surface area contributed by atoms with Crippen molar-refractivity contribution in [1.29, 1.82) is 0 Å². The van der Waals surface area contributed by atoms with Gasteiger partial charge in [-0.1, -0.05) is 15.9 Å². The van der Waals surface area contributed by atoms with Crippen LogP contribution in [0.15, 0.2) is 22.7 Å². The van der Waals surface area contributed by atoms with Crippen molar-refractivity contribution in [3.63, 3.8) is 0 Å². The lowest BCUT2D eigenvalue weighted by atomic mass is 10.2. The number of nitrogens with one attached hydrogen (secondary N) is 1. The van der Waals surface area contributed by atoms with Crippen LogP contribution in [-0.4, -0.2) is 33.5 Å². The molecule has 1 N–H and O–H groups in total. The minimum Gasteiger partial charge on any atom is -0.385 e. The molecule has 0 aliphatic heterocycles. The molecule has 0 amide bonds. The van der Waals surface area contributed by atoms with Crippen LogP contribution in [0.2, 0.25) is 0 Å². The molecule has 0 aromatic heterocycles. The van der Waals surface area contributed by atoms with Gasteiger partial charge in [0.25, 0.3) is 0 Å². The molecule has 0 unspecified atom stereocenters. The van der Waals surface area contributed by atoms with Crippen molar-refractivity contribution in [2.75, 3.05) is 33.5 Å². The van der Waals surface area contributed by atoms with Crippen LogP contribution in [0, 0.1) is 5.82 Å². The molecule has 3 nitrogen and oxygen atoms in total. The van der Waals surface area contributed by atoms with Gasteiger partial charge in [0, 0.05) is 43.4 Å². The van der Waals surface area contributed by atoms with Gasteiger partial charge in [0.1, 0.15) is 5.82 Å². The number of hydrogen-bond donors (Lipinski definition) is 1. The molecule has 102 valence electrons. The monoisotopic (exact) mass is 319 g/mol. The Morgan fingerprint density at radius 3 is 2.89 bits per heavy atom. The van der Waals surface area contributed by atoms with Crippen molar-refractivity contribution < 1.29 is 13.9 Å². The first-order valence-corrected chi connectivity index (χ1v) is 6.74. The third-order valence-corrected chi connectivity index (χ3v) is 2.88. The average molecular weight is 320 g/mol. The molecule has 0 radical (unpaired) electrons. The summed E-state index contributed by atoms with van der Waals surface area (Å²) in [5, 5.41) is 3.14. The summed E-state index contributed by atoms with van der Waals surface area (Å²) in [6, 6.07) is 4.93. The van der Waals surface area contributed by atoms with Crippen LogP contribution in [0.3, 0.4) is 0 Å². The maximum absolute atomic E-state index is 13.4. The molecular weight excluding hydrogens is 301 g/mol.